The third-order valence-electron chi connectivity index (χ3n) is 6.57. The Bertz CT molecular complexity index is 1350. The lowest BCUT2D eigenvalue weighted by Gasteiger charge is -2.24. The molecule has 1 aliphatic rings. The predicted octanol–water partition coefficient (Wildman–Crippen LogP) is 5.72. The molecule has 0 radical (unpaired) electrons. The number of carbonyl (C=O) groups excluding carboxylic acids is 2. The summed E-state index contributed by atoms with van der Waals surface area (Å²) in [6.07, 6.45) is 0. The van der Waals surface area contributed by atoms with Crippen LogP contribution in [0.25, 0.3) is 5.76 Å². The third-order valence-corrected chi connectivity index (χ3v) is 6.57. The fourth-order valence-corrected chi connectivity index (χ4v) is 4.61. The Balaban J connectivity index is 1.94. The number of amides is 1. The average Bonchev–Trinajstić information content (AvgIpc) is 3.38. The molecule has 1 N–H and O–H groups in total. The van der Waals surface area contributed by atoms with Gasteiger partial charge in [0.1, 0.15) is 29.1 Å². The van der Waals surface area contributed by atoms with Gasteiger partial charge in [-0.2, -0.15) is 0 Å². The summed E-state index contributed by atoms with van der Waals surface area (Å²) in [5.41, 5.74) is 3.59. The summed E-state index contributed by atoms with van der Waals surface area (Å²) in [6, 6.07) is 13.6. The second-order valence-corrected chi connectivity index (χ2v) is 9.59. The van der Waals surface area contributed by atoms with Gasteiger partial charge in [-0.1, -0.05) is 13.8 Å². The van der Waals surface area contributed by atoms with Crippen LogP contribution in [-0.2, 0) is 9.59 Å². The lowest BCUT2D eigenvalue weighted by Crippen LogP contribution is -2.29. The summed E-state index contributed by atoms with van der Waals surface area (Å²) in [5.74, 6) is 0.156. The number of ether oxygens (including phenoxy) is 1. The lowest BCUT2D eigenvalue weighted by atomic mass is 9.92. The van der Waals surface area contributed by atoms with E-state index in [0.29, 0.717) is 28.5 Å². The van der Waals surface area contributed by atoms with Crippen molar-refractivity contribution in [3.8, 4) is 5.75 Å². The minimum Gasteiger partial charge on any atom is -0.507 e. The van der Waals surface area contributed by atoms with E-state index in [9.17, 15) is 14.7 Å². The van der Waals surface area contributed by atoms with Gasteiger partial charge in [-0.3, -0.25) is 14.5 Å². The van der Waals surface area contributed by atoms with E-state index in [2.05, 4.69) is 0 Å². The molecule has 188 valence electrons. The van der Waals surface area contributed by atoms with E-state index in [4.69, 9.17) is 9.15 Å². The molecule has 2 heterocycles. The predicted molar refractivity (Wildman–Crippen MR) is 141 cm³/mol. The number of Topliss-reactive ketones (excluding diaryl/α,β-unsaturated/α-hetero) is 1. The molecule has 1 unspecified atom stereocenters. The summed E-state index contributed by atoms with van der Waals surface area (Å²) < 4.78 is 11.4. The highest BCUT2D eigenvalue weighted by Crippen LogP contribution is 2.44. The minimum atomic E-state index is -0.909. The molecule has 36 heavy (non-hydrogen) atoms. The fraction of sp³-hybridized carbons (Fsp3) is 0.310. The van der Waals surface area contributed by atoms with Crippen molar-refractivity contribution in [1.29, 1.82) is 0 Å². The van der Waals surface area contributed by atoms with Crippen molar-refractivity contribution in [3.63, 3.8) is 0 Å². The number of methoxy groups -OCH3 is 1. The Morgan fingerprint density at radius 2 is 1.72 bits per heavy atom. The SMILES string of the molecule is COc1cc(C)c(/C(O)=C2\C(=O)C(=O)N(c3ccc(N(C)C)cc3)C2c2ccc(C)o2)cc1C(C)C. The summed E-state index contributed by atoms with van der Waals surface area (Å²) in [4.78, 5) is 30.2. The van der Waals surface area contributed by atoms with Gasteiger partial charge >= 0.3 is 0 Å². The number of furan rings is 1. The number of rotatable bonds is 6. The van der Waals surface area contributed by atoms with E-state index in [1.54, 1.807) is 38.3 Å². The highest BCUT2D eigenvalue weighted by Gasteiger charge is 2.48. The number of anilines is 2. The molecule has 4 rings (SSSR count). The Kier molecular flexibility index (Phi) is 6.67. The van der Waals surface area contributed by atoms with Gasteiger partial charge in [-0.15, -0.1) is 0 Å². The summed E-state index contributed by atoms with van der Waals surface area (Å²) in [6.45, 7) is 7.69. The van der Waals surface area contributed by atoms with Gasteiger partial charge < -0.3 is 19.2 Å². The lowest BCUT2D eigenvalue weighted by molar-refractivity contribution is -0.132. The van der Waals surface area contributed by atoms with Crippen LogP contribution in [0, 0.1) is 13.8 Å². The Hall–Kier alpha value is -4.00. The number of aliphatic hydroxyl groups is 1. The maximum Gasteiger partial charge on any atom is 0.300 e. The third kappa shape index (κ3) is 4.26. The first-order valence-corrected chi connectivity index (χ1v) is 11.9. The molecule has 3 aromatic rings. The fourth-order valence-electron chi connectivity index (χ4n) is 4.61. The van der Waals surface area contributed by atoms with E-state index in [-0.39, 0.29) is 17.3 Å². The molecule has 7 nitrogen and oxygen atoms in total. The van der Waals surface area contributed by atoms with Gasteiger partial charge in [0, 0.05) is 31.0 Å². The quantitative estimate of drug-likeness (QED) is 0.271. The van der Waals surface area contributed by atoms with E-state index >= 15 is 0 Å². The second kappa shape index (κ2) is 9.57. The Labute approximate surface area is 211 Å². The highest BCUT2D eigenvalue weighted by molar-refractivity contribution is 6.51. The van der Waals surface area contributed by atoms with Crippen molar-refractivity contribution in [2.45, 2.75) is 39.7 Å². The largest absolute Gasteiger partial charge is 0.507 e. The molecule has 0 aliphatic carbocycles. The first-order valence-electron chi connectivity index (χ1n) is 11.9. The maximum atomic E-state index is 13.4. The van der Waals surface area contributed by atoms with Crippen LogP contribution in [-0.4, -0.2) is 38.0 Å². The molecule has 1 saturated heterocycles. The van der Waals surface area contributed by atoms with Gasteiger partial charge in [0.25, 0.3) is 11.7 Å². The normalized spacial score (nSPS) is 17.2. The standard InChI is InChI=1S/C29H32N2O5/c1-16(2)21-15-22(17(3)14-24(21)35-7)27(32)25-26(23-13-8-18(4)36-23)31(29(34)28(25)33)20-11-9-19(10-12-20)30(5)6/h8-16,26,32H,1-7H3/b27-25+. The van der Waals surface area contributed by atoms with Crippen LogP contribution in [0.2, 0.25) is 0 Å². The van der Waals surface area contributed by atoms with Crippen LogP contribution in [0.1, 0.15) is 54.0 Å². The van der Waals surface area contributed by atoms with Gasteiger partial charge in [0.15, 0.2) is 0 Å². The molecule has 2 aromatic carbocycles. The first kappa shape index (κ1) is 25.1. The van der Waals surface area contributed by atoms with Gasteiger partial charge in [0.2, 0.25) is 0 Å². The number of hydrogen-bond donors (Lipinski definition) is 1. The number of hydrogen-bond acceptors (Lipinski definition) is 6. The Morgan fingerprint density at radius 1 is 1.06 bits per heavy atom. The van der Waals surface area contributed by atoms with Crippen LogP contribution in [0.3, 0.4) is 0 Å². The molecule has 1 fully saturated rings. The van der Waals surface area contributed by atoms with Crippen molar-refractivity contribution >= 4 is 28.8 Å². The zero-order chi connectivity index (χ0) is 26.3. The summed E-state index contributed by atoms with van der Waals surface area (Å²) in [5, 5.41) is 11.6. The maximum absolute atomic E-state index is 13.4. The molecule has 1 aliphatic heterocycles. The van der Waals surface area contributed by atoms with Crippen molar-refractivity contribution in [2.24, 2.45) is 0 Å². The average molecular weight is 489 g/mol. The van der Waals surface area contributed by atoms with E-state index in [1.165, 1.54) is 4.90 Å². The molecule has 0 bridgehead atoms. The van der Waals surface area contributed by atoms with Gasteiger partial charge in [-0.25, -0.2) is 0 Å². The number of aryl methyl sites for hydroxylation is 2. The Morgan fingerprint density at radius 3 is 2.25 bits per heavy atom. The number of aliphatic hydroxyl groups excluding tert-OH is 1. The second-order valence-electron chi connectivity index (χ2n) is 9.59. The summed E-state index contributed by atoms with van der Waals surface area (Å²) >= 11 is 0. The van der Waals surface area contributed by atoms with Gasteiger partial charge in [0.05, 0.1) is 12.7 Å². The monoisotopic (exact) mass is 488 g/mol. The van der Waals surface area contributed by atoms with Crippen LogP contribution >= 0.6 is 0 Å². The zero-order valence-corrected chi connectivity index (χ0v) is 21.7. The van der Waals surface area contributed by atoms with Crippen molar-refractivity contribution in [3.05, 3.63) is 82.3 Å². The van der Waals surface area contributed by atoms with E-state index < -0.39 is 17.7 Å². The summed E-state index contributed by atoms with van der Waals surface area (Å²) in [7, 11) is 5.46. The number of nitrogens with zero attached hydrogens (tertiary/aromatic N) is 2. The molecule has 7 heteroatoms. The van der Waals surface area contributed by atoms with Crippen LogP contribution < -0.4 is 14.5 Å². The van der Waals surface area contributed by atoms with Gasteiger partial charge in [-0.05, 0) is 79.4 Å². The van der Waals surface area contributed by atoms with Crippen LogP contribution in [0.5, 0.6) is 5.75 Å². The molecular formula is C29H32N2O5. The highest BCUT2D eigenvalue weighted by atomic mass is 16.5. The molecule has 0 saturated carbocycles. The minimum absolute atomic E-state index is 0.00555. The van der Waals surface area contributed by atoms with Crippen molar-refractivity contribution in [2.75, 3.05) is 31.0 Å². The van der Waals surface area contributed by atoms with Crippen LogP contribution in [0.4, 0.5) is 11.4 Å². The molecule has 1 aromatic heterocycles. The zero-order valence-electron chi connectivity index (χ0n) is 21.7. The topological polar surface area (TPSA) is 83.2 Å². The molecule has 1 amide bonds. The number of carbonyl (C=O) groups is 2. The van der Waals surface area contributed by atoms with Crippen molar-refractivity contribution in [1.82, 2.24) is 0 Å². The van der Waals surface area contributed by atoms with E-state index in [1.807, 2.05) is 64.0 Å². The number of ketones is 1. The molecule has 1 atom stereocenters. The smallest absolute Gasteiger partial charge is 0.300 e. The molecular weight excluding hydrogens is 456 g/mol. The molecule has 0 spiro atoms. The van der Waals surface area contributed by atoms with Crippen molar-refractivity contribution < 1.29 is 23.8 Å². The van der Waals surface area contributed by atoms with Crippen LogP contribution in [0.15, 0.2) is 58.5 Å². The van der Waals surface area contributed by atoms with E-state index in [0.717, 1.165) is 16.8 Å². The first-order chi connectivity index (χ1) is 17.0. The number of benzene rings is 2.